The van der Waals surface area contributed by atoms with Crippen molar-refractivity contribution in [1.82, 2.24) is 5.32 Å². The van der Waals surface area contributed by atoms with Gasteiger partial charge in [-0.05, 0) is 38.1 Å². The first-order valence-corrected chi connectivity index (χ1v) is 6.23. The van der Waals surface area contributed by atoms with E-state index in [1.807, 2.05) is 18.0 Å². The minimum absolute atomic E-state index is 0.0732. The highest BCUT2D eigenvalue weighted by Gasteiger charge is 2.27. The van der Waals surface area contributed by atoms with Crippen molar-refractivity contribution in [2.24, 2.45) is 5.92 Å². The molecule has 1 aromatic carbocycles. The van der Waals surface area contributed by atoms with E-state index in [9.17, 15) is 10.1 Å². The van der Waals surface area contributed by atoms with Gasteiger partial charge in [0.1, 0.15) is 5.69 Å². The molecule has 1 aromatic rings. The van der Waals surface area contributed by atoms with Gasteiger partial charge in [-0.1, -0.05) is 0 Å². The molecule has 1 fully saturated rings. The summed E-state index contributed by atoms with van der Waals surface area (Å²) < 4.78 is 0. The van der Waals surface area contributed by atoms with Crippen LogP contribution in [0.1, 0.15) is 12.0 Å². The second-order valence-corrected chi connectivity index (χ2v) is 4.73. The number of nitrogens with one attached hydrogen (secondary N) is 1. The maximum absolute atomic E-state index is 11.1. The first-order chi connectivity index (χ1) is 9.15. The molecule has 0 aliphatic carbocycles. The molecule has 0 amide bonds. The van der Waals surface area contributed by atoms with Gasteiger partial charge in [-0.3, -0.25) is 10.1 Å². The molecule has 19 heavy (non-hydrogen) atoms. The van der Waals surface area contributed by atoms with Gasteiger partial charge in [0.05, 0.1) is 16.6 Å². The Morgan fingerprint density at radius 3 is 3.05 bits per heavy atom. The molecule has 1 unspecified atom stereocenters. The Kier molecular flexibility index (Phi) is 3.97. The lowest BCUT2D eigenvalue weighted by molar-refractivity contribution is -0.384. The molecule has 0 aromatic heterocycles. The van der Waals surface area contributed by atoms with Gasteiger partial charge in [0.15, 0.2) is 0 Å². The highest BCUT2D eigenvalue weighted by Crippen LogP contribution is 2.32. The van der Waals surface area contributed by atoms with E-state index in [0.717, 1.165) is 26.1 Å². The molecule has 1 aliphatic rings. The SMILES string of the molecule is CNCC1CCN(c2cc(C#N)ccc2[N+](=O)[O-])C1. The van der Waals surface area contributed by atoms with Crippen molar-refractivity contribution in [2.45, 2.75) is 6.42 Å². The van der Waals surface area contributed by atoms with E-state index in [0.29, 0.717) is 17.2 Å². The molecule has 6 nitrogen and oxygen atoms in total. The normalized spacial score (nSPS) is 18.3. The van der Waals surface area contributed by atoms with Crippen LogP contribution in [-0.4, -0.2) is 31.6 Å². The number of nitrogens with zero attached hydrogens (tertiary/aromatic N) is 3. The zero-order chi connectivity index (χ0) is 13.8. The van der Waals surface area contributed by atoms with E-state index in [2.05, 4.69) is 5.32 Å². The van der Waals surface area contributed by atoms with Crippen LogP contribution in [0, 0.1) is 27.4 Å². The maximum Gasteiger partial charge on any atom is 0.292 e. The second kappa shape index (κ2) is 5.67. The summed E-state index contributed by atoms with van der Waals surface area (Å²) in [5.74, 6) is 0.496. The van der Waals surface area contributed by atoms with Gasteiger partial charge >= 0.3 is 0 Å². The Balaban J connectivity index is 2.28. The Bertz CT molecular complexity index is 524. The van der Waals surface area contributed by atoms with Crippen LogP contribution in [0.3, 0.4) is 0 Å². The lowest BCUT2D eigenvalue weighted by Crippen LogP contribution is -2.24. The average molecular weight is 260 g/mol. The Hall–Kier alpha value is -2.13. The Labute approximate surface area is 111 Å². The largest absolute Gasteiger partial charge is 0.366 e. The van der Waals surface area contributed by atoms with Crippen molar-refractivity contribution < 1.29 is 4.92 Å². The Morgan fingerprint density at radius 2 is 2.42 bits per heavy atom. The number of hydrogen-bond acceptors (Lipinski definition) is 5. The fourth-order valence-corrected chi connectivity index (χ4v) is 2.51. The van der Waals surface area contributed by atoms with E-state index in [-0.39, 0.29) is 10.6 Å². The molecule has 0 spiro atoms. The molecular formula is C13H16N4O2. The van der Waals surface area contributed by atoms with Crippen molar-refractivity contribution >= 4 is 11.4 Å². The van der Waals surface area contributed by atoms with Crippen LogP contribution in [-0.2, 0) is 0 Å². The highest BCUT2D eigenvalue weighted by molar-refractivity contribution is 5.66. The second-order valence-electron chi connectivity index (χ2n) is 4.73. The zero-order valence-corrected chi connectivity index (χ0v) is 10.8. The van der Waals surface area contributed by atoms with Gasteiger partial charge in [0.25, 0.3) is 5.69 Å². The zero-order valence-electron chi connectivity index (χ0n) is 10.8. The summed E-state index contributed by atoms with van der Waals surface area (Å²) in [6, 6.07) is 6.55. The van der Waals surface area contributed by atoms with Crippen LogP contribution in [0.25, 0.3) is 0 Å². The summed E-state index contributed by atoms with van der Waals surface area (Å²) in [5.41, 5.74) is 1.09. The summed E-state index contributed by atoms with van der Waals surface area (Å²) in [6.45, 7) is 2.49. The lowest BCUT2D eigenvalue weighted by atomic mass is 10.1. The number of hydrogen-bond donors (Lipinski definition) is 1. The molecular weight excluding hydrogens is 244 g/mol. The van der Waals surface area contributed by atoms with Gasteiger partial charge in [0.2, 0.25) is 0 Å². The van der Waals surface area contributed by atoms with E-state index < -0.39 is 0 Å². The minimum Gasteiger partial charge on any atom is -0.366 e. The molecule has 1 aliphatic heterocycles. The van der Waals surface area contributed by atoms with E-state index >= 15 is 0 Å². The van der Waals surface area contributed by atoms with Crippen LogP contribution in [0.2, 0.25) is 0 Å². The molecule has 0 bridgehead atoms. The average Bonchev–Trinajstić information content (AvgIpc) is 2.87. The van der Waals surface area contributed by atoms with Crippen molar-refractivity contribution in [3.05, 3.63) is 33.9 Å². The van der Waals surface area contributed by atoms with Gasteiger partial charge in [-0.25, -0.2) is 0 Å². The van der Waals surface area contributed by atoms with Gasteiger partial charge in [-0.2, -0.15) is 5.26 Å². The van der Waals surface area contributed by atoms with Crippen LogP contribution in [0.5, 0.6) is 0 Å². The van der Waals surface area contributed by atoms with Gasteiger partial charge in [0, 0.05) is 19.2 Å². The third-order valence-corrected chi connectivity index (χ3v) is 3.42. The third-order valence-electron chi connectivity index (χ3n) is 3.42. The van der Waals surface area contributed by atoms with E-state index in [1.165, 1.54) is 12.1 Å². The van der Waals surface area contributed by atoms with E-state index in [1.54, 1.807) is 6.07 Å². The summed E-state index contributed by atoms with van der Waals surface area (Å²) in [6.07, 6.45) is 1.01. The monoisotopic (exact) mass is 260 g/mol. The van der Waals surface area contributed by atoms with Crippen LogP contribution in [0.15, 0.2) is 18.2 Å². The summed E-state index contributed by atoms with van der Waals surface area (Å²) in [4.78, 5) is 12.7. The predicted octanol–water partition coefficient (Wildman–Crippen LogP) is 1.51. The predicted molar refractivity (Wildman–Crippen MR) is 72.1 cm³/mol. The first kappa shape index (κ1) is 13.3. The van der Waals surface area contributed by atoms with Crippen LogP contribution < -0.4 is 10.2 Å². The molecule has 0 saturated carbocycles. The van der Waals surface area contributed by atoms with Crippen molar-refractivity contribution in [2.75, 3.05) is 31.6 Å². The molecule has 100 valence electrons. The summed E-state index contributed by atoms with van der Waals surface area (Å²) in [5, 5.41) is 23.1. The summed E-state index contributed by atoms with van der Waals surface area (Å²) in [7, 11) is 1.90. The van der Waals surface area contributed by atoms with E-state index in [4.69, 9.17) is 5.26 Å². The maximum atomic E-state index is 11.1. The Morgan fingerprint density at radius 1 is 1.63 bits per heavy atom. The minimum atomic E-state index is -0.387. The summed E-state index contributed by atoms with van der Waals surface area (Å²) >= 11 is 0. The number of nitro groups is 1. The topological polar surface area (TPSA) is 82.2 Å². The smallest absolute Gasteiger partial charge is 0.292 e. The molecule has 0 radical (unpaired) electrons. The number of nitriles is 1. The molecule has 1 N–H and O–H groups in total. The quantitative estimate of drug-likeness (QED) is 0.655. The third kappa shape index (κ3) is 2.83. The molecule has 6 heteroatoms. The van der Waals surface area contributed by atoms with Crippen molar-refractivity contribution in [3.8, 4) is 6.07 Å². The van der Waals surface area contributed by atoms with Gasteiger partial charge in [-0.15, -0.1) is 0 Å². The van der Waals surface area contributed by atoms with Gasteiger partial charge < -0.3 is 10.2 Å². The lowest BCUT2D eigenvalue weighted by Gasteiger charge is -2.18. The standard InChI is InChI=1S/C13H16N4O2/c1-15-8-11-4-5-16(9-11)13-6-10(7-14)2-3-12(13)17(18)19/h2-3,6,11,15H,4-5,8-9H2,1H3. The molecule has 2 rings (SSSR count). The molecule has 1 atom stereocenters. The number of nitro benzene ring substituents is 1. The fraction of sp³-hybridized carbons (Fsp3) is 0.462. The van der Waals surface area contributed by atoms with Crippen LogP contribution in [0.4, 0.5) is 11.4 Å². The van der Waals surface area contributed by atoms with Crippen LogP contribution >= 0.6 is 0 Å². The highest BCUT2D eigenvalue weighted by atomic mass is 16.6. The first-order valence-electron chi connectivity index (χ1n) is 6.23. The number of rotatable bonds is 4. The number of anilines is 1. The fourth-order valence-electron chi connectivity index (χ4n) is 2.51. The van der Waals surface area contributed by atoms with Crippen molar-refractivity contribution in [1.29, 1.82) is 5.26 Å². The van der Waals surface area contributed by atoms with Crippen molar-refractivity contribution in [3.63, 3.8) is 0 Å². The number of benzene rings is 1. The molecule has 1 heterocycles. The molecule has 1 saturated heterocycles.